The predicted molar refractivity (Wildman–Crippen MR) is 66.7 cm³/mol. The van der Waals surface area contributed by atoms with Crippen molar-refractivity contribution in [1.29, 1.82) is 0 Å². The summed E-state index contributed by atoms with van der Waals surface area (Å²) in [6, 6.07) is 0. The third kappa shape index (κ3) is 10.3. The van der Waals surface area contributed by atoms with Gasteiger partial charge in [-0.1, -0.05) is 33.1 Å². The molecule has 102 valence electrons. The molecule has 0 heterocycles. The fourth-order valence-electron chi connectivity index (χ4n) is 1.30. The van der Waals surface area contributed by atoms with Gasteiger partial charge >= 0.3 is 5.97 Å². The minimum Gasteiger partial charge on any atom is -0.479 e. The molecular formula is C13H26O4. The molecule has 0 aromatic heterocycles. The van der Waals surface area contributed by atoms with Crippen LogP contribution in [0.1, 0.15) is 60.3 Å². The lowest BCUT2D eigenvalue weighted by Crippen LogP contribution is -2.29. The molecule has 0 aliphatic heterocycles. The van der Waals surface area contributed by atoms with Gasteiger partial charge in [0.15, 0.2) is 6.10 Å². The Hall–Kier alpha value is -0.610. The van der Waals surface area contributed by atoms with Crippen LogP contribution in [0.3, 0.4) is 0 Å². The average Bonchev–Trinajstić information content (AvgIpc) is 2.13. The van der Waals surface area contributed by atoms with Gasteiger partial charge < -0.3 is 5.11 Å². The van der Waals surface area contributed by atoms with Crippen molar-refractivity contribution in [1.82, 2.24) is 0 Å². The van der Waals surface area contributed by atoms with E-state index in [2.05, 4.69) is 13.8 Å². The largest absolute Gasteiger partial charge is 0.479 e. The molecule has 0 rings (SSSR count). The SMILES string of the molecule is CC(C)CCCCC(OOC(C)(C)C)C(=O)O. The second-order valence-electron chi connectivity index (χ2n) is 5.80. The summed E-state index contributed by atoms with van der Waals surface area (Å²) in [7, 11) is 0. The fraction of sp³-hybridized carbons (Fsp3) is 0.923. The monoisotopic (exact) mass is 246 g/mol. The van der Waals surface area contributed by atoms with E-state index in [1.54, 1.807) is 0 Å². The van der Waals surface area contributed by atoms with Crippen molar-refractivity contribution in [2.24, 2.45) is 5.92 Å². The van der Waals surface area contributed by atoms with E-state index in [1.165, 1.54) is 0 Å². The normalized spacial score (nSPS) is 14.0. The Kier molecular flexibility index (Phi) is 7.39. The van der Waals surface area contributed by atoms with Crippen LogP contribution in [0, 0.1) is 5.92 Å². The molecule has 0 spiro atoms. The van der Waals surface area contributed by atoms with E-state index in [4.69, 9.17) is 14.9 Å². The molecule has 1 atom stereocenters. The molecule has 17 heavy (non-hydrogen) atoms. The Morgan fingerprint density at radius 1 is 1.18 bits per heavy atom. The van der Waals surface area contributed by atoms with Crippen LogP contribution < -0.4 is 0 Å². The molecule has 0 aromatic carbocycles. The zero-order chi connectivity index (χ0) is 13.5. The Morgan fingerprint density at radius 3 is 2.12 bits per heavy atom. The second kappa shape index (κ2) is 7.67. The molecule has 0 aromatic rings. The van der Waals surface area contributed by atoms with Crippen LogP contribution in [-0.4, -0.2) is 22.8 Å². The highest BCUT2D eigenvalue weighted by Crippen LogP contribution is 2.15. The van der Waals surface area contributed by atoms with E-state index in [-0.39, 0.29) is 0 Å². The lowest BCUT2D eigenvalue weighted by molar-refractivity contribution is -0.368. The summed E-state index contributed by atoms with van der Waals surface area (Å²) < 4.78 is 0. The Morgan fingerprint density at radius 2 is 1.71 bits per heavy atom. The highest BCUT2D eigenvalue weighted by molar-refractivity contribution is 5.72. The van der Waals surface area contributed by atoms with Crippen molar-refractivity contribution in [3.8, 4) is 0 Å². The number of carboxylic acids is 1. The van der Waals surface area contributed by atoms with Crippen molar-refractivity contribution in [2.45, 2.75) is 72.0 Å². The standard InChI is InChI=1S/C13H26O4/c1-10(2)8-6-7-9-11(12(14)15)16-17-13(3,4)5/h10-11H,6-9H2,1-5H3,(H,14,15). The minimum absolute atomic E-state index is 0.481. The maximum absolute atomic E-state index is 10.9. The average molecular weight is 246 g/mol. The lowest BCUT2D eigenvalue weighted by atomic mass is 10.0. The molecule has 1 N–H and O–H groups in total. The summed E-state index contributed by atoms with van der Waals surface area (Å²) in [4.78, 5) is 21.0. The van der Waals surface area contributed by atoms with Crippen LogP contribution in [0.15, 0.2) is 0 Å². The zero-order valence-electron chi connectivity index (χ0n) is 11.7. The zero-order valence-corrected chi connectivity index (χ0v) is 11.7. The van der Waals surface area contributed by atoms with Crippen LogP contribution in [0.5, 0.6) is 0 Å². The van der Waals surface area contributed by atoms with Crippen molar-refractivity contribution in [3.63, 3.8) is 0 Å². The Balaban J connectivity index is 3.88. The van der Waals surface area contributed by atoms with Crippen molar-refractivity contribution in [3.05, 3.63) is 0 Å². The first-order valence-electron chi connectivity index (χ1n) is 6.29. The molecular weight excluding hydrogens is 220 g/mol. The van der Waals surface area contributed by atoms with Crippen LogP contribution in [-0.2, 0) is 14.6 Å². The molecule has 4 nitrogen and oxygen atoms in total. The molecule has 0 amide bonds. The van der Waals surface area contributed by atoms with Gasteiger partial charge in [-0.2, -0.15) is 0 Å². The maximum Gasteiger partial charge on any atom is 0.336 e. The highest BCUT2D eigenvalue weighted by atomic mass is 17.2. The molecule has 0 aliphatic carbocycles. The minimum atomic E-state index is -0.959. The first-order valence-corrected chi connectivity index (χ1v) is 6.29. The van der Waals surface area contributed by atoms with E-state index in [0.717, 1.165) is 19.3 Å². The molecule has 0 radical (unpaired) electrons. The predicted octanol–water partition coefficient (Wildman–Crippen LogP) is 3.40. The van der Waals surface area contributed by atoms with Crippen LogP contribution in [0.2, 0.25) is 0 Å². The van der Waals surface area contributed by atoms with Gasteiger partial charge in [-0.05, 0) is 33.1 Å². The third-order valence-electron chi connectivity index (χ3n) is 2.19. The number of aliphatic carboxylic acids is 1. The number of rotatable bonds is 8. The second-order valence-corrected chi connectivity index (χ2v) is 5.80. The van der Waals surface area contributed by atoms with Crippen molar-refractivity contribution >= 4 is 5.97 Å². The van der Waals surface area contributed by atoms with E-state index in [0.29, 0.717) is 12.3 Å². The number of unbranched alkanes of at least 4 members (excludes halogenated alkanes) is 1. The summed E-state index contributed by atoms with van der Waals surface area (Å²) in [5, 5.41) is 8.97. The number of hydrogen-bond donors (Lipinski definition) is 1. The molecule has 1 unspecified atom stereocenters. The van der Waals surface area contributed by atoms with Crippen molar-refractivity contribution in [2.75, 3.05) is 0 Å². The molecule has 0 aliphatic rings. The van der Waals surface area contributed by atoms with Gasteiger partial charge in [0.2, 0.25) is 0 Å². The molecule has 0 fully saturated rings. The summed E-state index contributed by atoms with van der Waals surface area (Å²) >= 11 is 0. The summed E-state index contributed by atoms with van der Waals surface area (Å²) in [5.41, 5.74) is -0.481. The number of hydrogen-bond acceptors (Lipinski definition) is 3. The molecule has 0 saturated heterocycles. The van der Waals surface area contributed by atoms with Gasteiger partial charge in [0.25, 0.3) is 0 Å². The Bertz CT molecular complexity index is 218. The summed E-state index contributed by atoms with van der Waals surface area (Å²) in [6.07, 6.45) is 2.63. The van der Waals surface area contributed by atoms with Gasteiger partial charge in [-0.15, -0.1) is 0 Å². The van der Waals surface area contributed by atoms with E-state index >= 15 is 0 Å². The van der Waals surface area contributed by atoms with Crippen LogP contribution in [0.25, 0.3) is 0 Å². The van der Waals surface area contributed by atoms with Crippen LogP contribution >= 0.6 is 0 Å². The van der Waals surface area contributed by atoms with Gasteiger partial charge in [0.1, 0.15) is 0 Å². The topological polar surface area (TPSA) is 55.8 Å². The maximum atomic E-state index is 10.9. The van der Waals surface area contributed by atoms with Crippen molar-refractivity contribution < 1.29 is 19.7 Å². The first-order chi connectivity index (χ1) is 7.72. The lowest BCUT2D eigenvalue weighted by Gasteiger charge is -2.21. The van der Waals surface area contributed by atoms with E-state index < -0.39 is 17.7 Å². The third-order valence-corrected chi connectivity index (χ3v) is 2.19. The van der Waals surface area contributed by atoms with Crippen LogP contribution in [0.4, 0.5) is 0 Å². The Labute approximate surface area is 104 Å². The first kappa shape index (κ1) is 16.4. The van der Waals surface area contributed by atoms with Gasteiger partial charge in [-0.3, -0.25) is 0 Å². The quantitative estimate of drug-likeness (QED) is 0.405. The van der Waals surface area contributed by atoms with Gasteiger partial charge in [-0.25, -0.2) is 14.6 Å². The molecule has 4 heteroatoms. The van der Waals surface area contributed by atoms with Gasteiger partial charge in [0, 0.05) is 0 Å². The number of carbonyl (C=O) groups is 1. The molecule has 0 saturated carbocycles. The van der Waals surface area contributed by atoms with E-state index in [1.807, 2.05) is 20.8 Å². The summed E-state index contributed by atoms with van der Waals surface area (Å²) in [6.45, 7) is 9.79. The number of carboxylic acid groups (broad SMARTS) is 1. The van der Waals surface area contributed by atoms with E-state index in [9.17, 15) is 4.79 Å². The fourth-order valence-corrected chi connectivity index (χ4v) is 1.30. The van der Waals surface area contributed by atoms with Gasteiger partial charge in [0.05, 0.1) is 5.60 Å². The highest BCUT2D eigenvalue weighted by Gasteiger charge is 2.22. The molecule has 0 bridgehead atoms. The smallest absolute Gasteiger partial charge is 0.336 e. The summed E-state index contributed by atoms with van der Waals surface area (Å²) in [5.74, 6) is -0.302.